The minimum atomic E-state index is -1.14. The summed E-state index contributed by atoms with van der Waals surface area (Å²) in [4.78, 5) is 49.2. The second kappa shape index (κ2) is 11.2. The predicted molar refractivity (Wildman–Crippen MR) is 155 cm³/mol. The molecule has 4 heterocycles. The van der Waals surface area contributed by atoms with Gasteiger partial charge in [-0.3, -0.25) is 4.79 Å². The van der Waals surface area contributed by atoms with E-state index in [0.29, 0.717) is 50.4 Å². The Morgan fingerprint density at radius 1 is 1.00 bits per heavy atom. The number of ether oxygens (including phenoxy) is 2. The lowest BCUT2D eigenvalue weighted by Gasteiger charge is -2.18. The van der Waals surface area contributed by atoms with Gasteiger partial charge in [-0.15, -0.1) is 11.3 Å². The van der Waals surface area contributed by atoms with Crippen molar-refractivity contribution in [1.29, 1.82) is 0 Å². The number of furan rings is 2. The summed E-state index contributed by atoms with van der Waals surface area (Å²) in [5.41, 5.74) is 3.42. The molecule has 1 aromatic carbocycles. The molecule has 0 fully saturated rings. The van der Waals surface area contributed by atoms with Crippen LogP contribution in [0.1, 0.15) is 51.4 Å². The fourth-order valence-corrected chi connectivity index (χ4v) is 6.41. The van der Waals surface area contributed by atoms with Gasteiger partial charge < -0.3 is 23.6 Å². The Morgan fingerprint density at radius 3 is 2.33 bits per heavy atom. The van der Waals surface area contributed by atoms with Crippen molar-refractivity contribution < 1.29 is 32.7 Å². The summed E-state index contributed by atoms with van der Waals surface area (Å²) < 4.78 is 21.6. The lowest BCUT2D eigenvalue weighted by molar-refractivity contribution is -0.123. The van der Waals surface area contributed by atoms with Gasteiger partial charge in [0.05, 0.1) is 41.8 Å². The molecule has 0 saturated carbocycles. The number of nitrogens with zero attached hydrogens (tertiary/aromatic N) is 2. The molecule has 4 aromatic heterocycles. The van der Waals surface area contributed by atoms with Crippen LogP contribution >= 0.6 is 11.3 Å². The quantitative estimate of drug-likeness (QED) is 0.218. The zero-order chi connectivity index (χ0) is 29.4. The van der Waals surface area contributed by atoms with E-state index in [-0.39, 0.29) is 5.56 Å². The molecule has 214 valence electrons. The lowest BCUT2D eigenvalue weighted by Crippen LogP contribution is -2.30. The summed E-state index contributed by atoms with van der Waals surface area (Å²) in [5, 5.41) is 3.20. The van der Waals surface area contributed by atoms with E-state index in [1.165, 1.54) is 31.6 Å². The van der Waals surface area contributed by atoms with E-state index in [9.17, 15) is 14.4 Å². The third kappa shape index (κ3) is 5.18. The molecule has 1 aliphatic rings. The summed E-state index contributed by atoms with van der Waals surface area (Å²) in [6.45, 7) is 3.64. The first kappa shape index (κ1) is 27.4. The molecule has 1 amide bonds. The molecule has 6 rings (SSSR count). The minimum absolute atomic E-state index is 0.198. The van der Waals surface area contributed by atoms with Gasteiger partial charge in [-0.05, 0) is 80.1 Å². The summed E-state index contributed by atoms with van der Waals surface area (Å²) >= 11 is 1.37. The number of carbonyl (C=O) groups is 3. The average molecular weight is 586 g/mol. The second-order valence-electron chi connectivity index (χ2n) is 10.2. The van der Waals surface area contributed by atoms with Crippen LogP contribution in [0, 0.1) is 5.92 Å². The second-order valence-corrected chi connectivity index (χ2v) is 11.3. The van der Waals surface area contributed by atoms with Gasteiger partial charge in [0.1, 0.15) is 16.4 Å². The Labute approximate surface area is 244 Å². The van der Waals surface area contributed by atoms with E-state index in [1.54, 1.807) is 48.7 Å². The van der Waals surface area contributed by atoms with Gasteiger partial charge in [-0.2, -0.15) is 0 Å². The highest BCUT2D eigenvalue weighted by Crippen LogP contribution is 2.40. The normalized spacial score (nSPS) is 15.2. The number of fused-ring (bicyclic) bond motifs is 2. The van der Waals surface area contributed by atoms with Crippen LogP contribution in [0.4, 0.5) is 5.00 Å². The monoisotopic (exact) mass is 585 g/mol. The summed E-state index contributed by atoms with van der Waals surface area (Å²) in [7, 11) is 1.32. The number of methoxy groups -OCH3 is 1. The number of thiophene rings is 1. The fraction of sp³-hybridized carbons (Fsp3) is 0.258. The van der Waals surface area contributed by atoms with E-state index in [0.717, 1.165) is 29.7 Å². The van der Waals surface area contributed by atoms with Crippen molar-refractivity contribution in [1.82, 2.24) is 9.97 Å². The highest BCUT2D eigenvalue weighted by atomic mass is 32.1. The van der Waals surface area contributed by atoms with E-state index >= 15 is 0 Å². The van der Waals surface area contributed by atoms with Crippen LogP contribution in [-0.4, -0.2) is 41.0 Å². The van der Waals surface area contributed by atoms with Crippen molar-refractivity contribution in [3.05, 3.63) is 76.6 Å². The Balaban J connectivity index is 1.23. The zero-order valence-electron chi connectivity index (χ0n) is 23.1. The third-order valence-corrected chi connectivity index (χ3v) is 8.37. The van der Waals surface area contributed by atoms with Gasteiger partial charge >= 0.3 is 11.9 Å². The van der Waals surface area contributed by atoms with Gasteiger partial charge in [0, 0.05) is 4.88 Å². The van der Waals surface area contributed by atoms with Crippen molar-refractivity contribution in [2.45, 2.75) is 39.2 Å². The van der Waals surface area contributed by atoms with Gasteiger partial charge in [-0.25, -0.2) is 19.6 Å². The first-order valence-electron chi connectivity index (χ1n) is 13.5. The van der Waals surface area contributed by atoms with Gasteiger partial charge in [0.25, 0.3) is 5.91 Å². The number of rotatable bonds is 7. The molecule has 0 saturated heterocycles. The SMILES string of the molecule is COC(=O)c1c(NC(=O)C(C)OC(=O)c2ccc3nc(-c4ccco4)c(-c4ccco4)nc3c2)sc2c1CCC(C)C2. The van der Waals surface area contributed by atoms with Crippen LogP contribution in [0.3, 0.4) is 0 Å². The molecular formula is C31H27N3O7S. The van der Waals surface area contributed by atoms with Crippen molar-refractivity contribution in [3.8, 4) is 22.9 Å². The summed E-state index contributed by atoms with van der Waals surface area (Å²) in [5.74, 6) is -0.250. The number of aromatic nitrogens is 2. The van der Waals surface area contributed by atoms with Crippen molar-refractivity contribution in [3.63, 3.8) is 0 Å². The van der Waals surface area contributed by atoms with Crippen molar-refractivity contribution in [2.75, 3.05) is 12.4 Å². The molecule has 2 atom stereocenters. The minimum Gasteiger partial charge on any atom is -0.465 e. The van der Waals surface area contributed by atoms with E-state index in [4.69, 9.17) is 28.3 Å². The van der Waals surface area contributed by atoms with Crippen LogP contribution in [-0.2, 0) is 27.1 Å². The van der Waals surface area contributed by atoms with Gasteiger partial charge in [0.15, 0.2) is 17.6 Å². The molecular weight excluding hydrogens is 558 g/mol. The number of esters is 2. The van der Waals surface area contributed by atoms with Crippen LogP contribution in [0.25, 0.3) is 33.9 Å². The van der Waals surface area contributed by atoms with Crippen LogP contribution in [0.2, 0.25) is 0 Å². The van der Waals surface area contributed by atoms with E-state index < -0.39 is 23.9 Å². The van der Waals surface area contributed by atoms with Gasteiger partial charge in [0.2, 0.25) is 0 Å². The van der Waals surface area contributed by atoms with Crippen LogP contribution in [0.15, 0.2) is 63.8 Å². The molecule has 5 aromatic rings. The maximum Gasteiger partial charge on any atom is 0.341 e. The molecule has 10 nitrogen and oxygen atoms in total. The number of hydrogen-bond donors (Lipinski definition) is 1. The van der Waals surface area contributed by atoms with Crippen molar-refractivity contribution >= 4 is 45.2 Å². The number of anilines is 1. The maximum atomic E-state index is 13.1. The average Bonchev–Trinajstić information content (AvgIpc) is 3.77. The molecule has 0 aliphatic heterocycles. The fourth-order valence-electron chi connectivity index (χ4n) is 5.00. The predicted octanol–water partition coefficient (Wildman–Crippen LogP) is 6.31. The standard InChI is InChI=1S/C31H27N3O7S/c1-16-8-10-19-24(14-16)42-29(25(19)31(37)38-3)34-28(35)17(2)41-30(36)18-9-11-20-21(15-18)33-27(23-7-5-13-40-23)26(32-20)22-6-4-12-39-22/h4-7,9,11-13,15-17H,8,10,14H2,1-3H3,(H,34,35). The highest BCUT2D eigenvalue weighted by Gasteiger charge is 2.30. The van der Waals surface area contributed by atoms with E-state index in [1.807, 2.05) is 0 Å². The topological polar surface area (TPSA) is 134 Å². The third-order valence-electron chi connectivity index (χ3n) is 7.20. The number of carbonyl (C=O) groups excluding carboxylic acids is 3. The molecule has 2 unspecified atom stereocenters. The molecule has 0 spiro atoms. The Morgan fingerprint density at radius 2 is 1.69 bits per heavy atom. The smallest absolute Gasteiger partial charge is 0.341 e. The maximum absolute atomic E-state index is 13.1. The van der Waals surface area contributed by atoms with Crippen LogP contribution < -0.4 is 5.32 Å². The number of hydrogen-bond acceptors (Lipinski definition) is 10. The van der Waals surface area contributed by atoms with E-state index in [2.05, 4.69) is 12.2 Å². The number of amides is 1. The first-order valence-corrected chi connectivity index (χ1v) is 14.3. The molecule has 1 N–H and O–H groups in total. The molecule has 0 radical (unpaired) electrons. The molecule has 42 heavy (non-hydrogen) atoms. The highest BCUT2D eigenvalue weighted by molar-refractivity contribution is 7.17. The number of nitrogens with one attached hydrogen (secondary N) is 1. The first-order chi connectivity index (χ1) is 20.3. The number of benzene rings is 1. The molecule has 0 bridgehead atoms. The Bertz CT molecular complexity index is 1790. The zero-order valence-corrected chi connectivity index (χ0v) is 23.9. The Kier molecular flexibility index (Phi) is 7.34. The molecule has 11 heteroatoms. The summed E-state index contributed by atoms with van der Waals surface area (Å²) in [6, 6.07) is 11.8. The summed E-state index contributed by atoms with van der Waals surface area (Å²) in [6.07, 6.45) is 4.48. The van der Waals surface area contributed by atoms with Crippen molar-refractivity contribution in [2.24, 2.45) is 5.92 Å². The van der Waals surface area contributed by atoms with Crippen LogP contribution in [0.5, 0.6) is 0 Å². The lowest BCUT2D eigenvalue weighted by atomic mass is 9.88. The van der Waals surface area contributed by atoms with Gasteiger partial charge in [-0.1, -0.05) is 6.92 Å². The Hall–Kier alpha value is -4.77. The largest absolute Gasteiger partial charge is 0.465 e. The molecule has 1 aliphatic carbocycles.